The van der Waals surface area contributed by atoms with Crippen LogP contribution >= 0.6 is 0 Å². The van der Waals surface area contributed by atoms with E-state index >= 15 is 0 Å². The highest BCUT2D eigenvalue weighted by molar-refractivity contribution is 5.39. The van der Waals surface area contributed by atoms with Gasteiger partial charge in [-0.3, -0.25) is 4.68 Å². The average Bonchev–Trinajstić information content (AvgIpc) is 2.86. The van der Waals surface area contributed by atoms with Crippen LogP contribution in [0, 0.1) is 0 Å². The first-order chi connectivity index (χ1) is 9.12. The van der Waals surface area contributed by atoms with Crippen LogP contribution < -0.4 is 5.32 Å². The molecule has 0 unspecified atom stereocenters. The van der Waals surface area contributed by atoms with Gasteiger partial charge in [0.15, 0.2) is 0 Å². The molecule has 0 fully saturated rings. The average molecular weight is 259 g/mol. The monoisotopic (exact) mass is 259 g/mol. The molecule has 2 rings (SSSR count). The molecule has 0 radical (unpaired) electrons. The Morgan fingerprint density at radius 3 is 2.68 bits per heavy atom. The van der Waals surface area contributed by atoms with Crippen LogP contribution in [0.25, 0.3) is 0 Å². The van der Waals surface area contributed by atoms with Crippen LogP contribution in [0.3, 0.4) is 0 Å². The maximum Gasteiger partial charge on any atom is 0.0726 e. The second kappa shape index (κ2) is 5.89. The van der Waals surface area contributed by atoms with Crippen LogP contribution in [0.15, 0.2) is 42.7 Å². The molecule has 1 aromatic heterocycles. The number of nitrogens with zero attached hydrogens (tertiary/aromatic N) is 2. The first-order valence-corrected chi connectivity index (χ1v) is 6.54. The van der Waals surface area contributed by atoms with Crippen molar-refractivity contribution >= 4 is 5.69 Å². The standard InChI is InChI=1S/C15H21N3O/c1-15(2,13-6-4-3-5-7-13)12-16-14-10-17-18(11-14)8-9-19/h3-7,10-11,16,19H,8-9,12H2,1-2H3. The minimum atomic E-state index is 0.0559. The van der Waals surface area contributed by atoms with E-state index in [0.717, 1.165) is 12.2 Å². The molecule has 4 nitrogen and oxygen atoms in total. The molecule has 1 aromatic carbocycles. The van der Waals surface area contributed by atoms with Crippen molar-refractivity contribution in [1.82, 2.24) is 9.78 Å². The van der Waals surface area contributed by atoms with E-state index in [4.69, 9.17) is 5.11 Å². The number of aliphatic hydroxyl groups is 1. The Labute approximate surface area is 114 Å². The van der Waals surface area contributed by atoms with Gasteiger partial charge in [-0.2, -0.15) is 5.10 Å². The molecule has 4 heteroatoms. The van der Waals surface area contributed by atoms with Gasteiger partial charge >= 0.3 is 0 Å². The van der Waals surface area contributed by atoms with Gasteiger partial charge in [0, 0.05) is 18.2 Å². The van der Waals surface area contributed by atoms with Crippen LogP contribution in [0.2, 0.25) is 0 Å². The Kier molecular flexibility index (Phi) is 4.22. The van der Waals surface area contributed by atoms with Crippen molar-refractivity contribution in [3.8, 4) is 0 Å². The number of nitrogens with one attached hydrogen (secondary N) is 1. The Morgan fingerprint density at radius 2 is 2.00 bits per heavy atom. The number of aromatic nitrogens is 2. The minimum Gasteiger partial charge on any atom is -0.394 e. The highest BCUT2D eigenvalue weighted by Crippen LogP contribution is 2.23. The molecular weight excluding hydrogens is 238 g/mol. The lowest BCUT2D eigenvalue weighted by atomic mass is 9.84. The molecule has 0 bridgehead atoms. The van der Waals surface area contributed by atoms with Crippen LogP contribution in [0.5, 0.6) is 0 Å². The first-order valence-electron chi connectivity index (χ1n) is 6.54. The largest absolute Gasteiger partial charge is 0.394 e. The van der Waals surface area contributed by atoms with Crippen molar-refractivity contribution in [2.24, 2.45) is 0 Å². The first kappa shape index (κ1) is 13.6. The molecule has 2 N–H and O–H groups in total. The molecule has 0 aliphatic heterocycles. The third-order valence-corrected chi connectivity index (χ3v) is 3.25. The number of rotatable bonds is 6. The maximum atomic E-state index is 8.86. The third kappa shape index (κ3) is 3.58. The lowest BCUT2D eigenvalue weighted by Gasteiger charge is -2.25. The smallest absolute Gasteiger partial charge is 0.0726 e. The summed E-state index contributed by atoms with van der Waals surface area (Å²) in [4.78, 5) is 0. The molecular formula is C15H21N3O. The lowest BCUT2D eigenvalue weighted by molar-refractivity contribution is 0.269. The number of aliphatic hydroxyl groups excluding tert-OH is 1. The Balaban J connectivity index is 1.97. The molecule has 0 aliphatic rings. The van der Waals surface area contributed by atoms with Gasteiger partial charge in [-0.05, 0) is 5.56 Å². The Morgan fingerprint density at radius 1 is 1.26 bits per heavy atom. The second-order valence-corrected chi connectivity index (χ2v) is 5.32. The third-order valence-electron chi connectivity index (χ3n) is 3.25. The zero-order valence-corrected chi connectivity index (χ0v) is 11.5. The van der Waals surface area contributed by atoms with Gasteiger partial charge in [-0.15, -0.1) is 0 Å². The van der Waals surface area contributed by atoms with Gasteiger partial charge < -0.3 is 10.4 Å². The van der Waals surface area contributed by atoms with Crippen molar-refractivity contribution < 1.29 is 5.11 Å². The summed E-state index contributed by atoms with van der Waals surface area (Å²) in [5.74, 6) is 0. The van der Waals surface area contributed by atoms with E-state index in [1.54, 1.807) is 10.9 Å². The van der Waals surface area contributed by atoms with Gasteiger partial charge in [0.1, 0.15) is 0 Å². The fraction of sp³-hybridized carbons (Fsp3) is 0.400. The predicted molar refractivity (Wildman–Crippen MR) is 77.3 cm³/mol. The zero-order valence-electron chi connectivity index (χ0n) is 11.5. The van der Waals surface area contributed by atoms with E-state index < -0.39 is 0 Å². The number of hydrogen-bond donors (Lipinski definition) is 2. The molecule has 0 saturated heterocycles. The Hall–Kier alpha value is -1.81. The van der Waals surface area contributed by atoms with Crippen LogP contribution in [0.1, 0.15) is 19.4 Å². The summed E-state index contributed by atoms with van der Waals surface area (Å²) in [5, 5.41) is 16.4. The van der Waals surface area contributed by atoms with Gasteiger partial charge in [0.2, 0.25) is 0 Å². The summed E-state index contributed by atoms with van der Waals surface area (Å²) in [6.45, 7) is 5.91. The SMILES string of the molecule is CC(C)(CNc1cnn(CCO)c1)c1ccccc1. The summed E-state index contributed by atoms with van der Waals surface area (Å²) >= 11 is 0. The summed E-state index contributed by atoms with van der Waals surface area (Å²) in [6.07, 6.45) is 3.70. The molecule has 2 aromatic rings. The summed E-state index contributed by atoms with van der Waals surface area (Å²) in [5.41, 5.74) is 2.35. The fourth-order valence-electron chi connectivity index (χ4n) is 1.99. The van der Waals surface area contributed by atoms with E-state index in [1.807, 2.05) is 12.3 Å². The quantitative estimate of drug-likeness (QED) is 0.836. The van der Waals surface area contributed by atoms with Gasteiger partial charge in [0.05, 0.1) is 25.0 Å². The molecule has 0 aliphatic carbocycles. The second-order valence-electron chi connectivity index (χ2n) is 5.32. The molecule has 19 heavy (non-hydrogen) atoms. The summed E-state index contributed by atoms with van der Waals surface area (Å²) in [7, 11) is 0. The van der Waals surface area contributed by atoms with E-state index in [0.29, 0.717) is 6.54 Å². The fourth-order valence-corrected chi connectivity index (χ4v) is 1.99. The van der Waals surface area contributed by atoms with Gasteiger partial charge in [0.25, 0.3) is 0 Å². The number of benzene rings is 1. The molecule has 0 atom stereocenters. The molecule has 0 saturated carbocycles. The molecule has 102 valence electrons. The topological polar surface area (TPSA) is 50.1 Å². The molecule has 0 spiro atoms. The van der Waals surface area contributed by atoms with E-state index in [-0.39, 0.29) is 12.0 Å². The summed E-state index contributed by atoms with van der Waals surface area (Å²) in [6, 6.07) is 10.5. The minimum absolute atomic E-state index is 0.0559. The number of hydrogen-bond acceptors (Lipinski definition) is 3. The zero-order chi connectivity index (χ0) is 13.7. The normalized spacial score (nSPS) is 11.5. The van der Waals surface area contributed by atoms with Crippen LogP contribution in [-0.2, 0) is 12.0 Å². The van der Waals surface area contributed by atoms with Crippen molar-refractivity contribution in [2.45, 2.75) is 25.8 Å². The Bertz CT molecular complexity index is 505. The van der Waals surface area contributed by atoms with Gasteiger partial charge in [-0.25, -0.2) is 0 Å². The predicted octanol–water partition coefficient (Wildman–Crippen LogP) is 2.27. The van der Waals surface area contributed by atoms with Gasteiger partial charge in [-0.1, -0.05) is 44.2 Å². The van der Waals surface area contributed by atoms with Crippen LogP contribution in [-0.4, -0.2) is 28.0 Å². The highest BCUT2D eigenvalue weighted by Gasteiger charge is 2.19. The van der Waals surface area contributed by atoms with Crippen molar-refractivity contribution in [2.75, 3.05) is 18.5 Å². The maximum absolute atomic E-state index is 8.86. The highest BCUT2D eigenvalue weighted by atomic mass is 16.3. The van der Waals surface area contributed by atoms with Crippen molar-refractivity contribution in [3.05, 3.63) is 48.3 Å². The van der Waals surface area contributed by atoms with Crippen molar-refractivity contribution in [1.29, 1.82) is 0 Å². The van der Waals surface area contributed by atoms with Crippen LogP contribution in [0.4, 0.5) is 5.69 Å². The van der Waals surface area contributed by atoms with E-state index in [2.05, 4.69) is 48.5 Å². The molecule has 0 amide bonds. The van der Waals surface area contributed by atoms with Crippen molar-refractivity contribution in [3.63, 3.8) is 0 Å². The van der Waals surface area contributed by atoms with E-state index in [1.165, 1.54) is 5.56 Å². The lowest BCUT2D eigenvalue weighted by Crippen LogP contribution is -2.27. The molecule has 1 heterocycles. The summed E-state index contributed by atoms with van der Waals surface area (Å²) < 4.78 is 1.73. The van der Waals surface area contributed by atoms with E-state index in [9.17, 15) is 0 Å². The number of anilines is 1.